The molecule has 0 bridgehead atoms. The van der Waals surface area contributed by atoms with E-state index >= 15 is 0 Å². The van der Waals surface area contributed by atoms with Crippen molar-refractivity contribution < 1.29 is 13.2 Å². The number of amides is 1. The first-order valence-corrected chi connectivity index (χ1v) is 10.3. The minimum absolute atomic E-state index is 0.0253. The largest absolute Gasteiger partial charge is 0.340 e. The maximum absolute atomic E-state index is 12.4. The monoisotopic (exact) mass is 368 g/mol. The van der Waals surface area contributed by atoms with Crippen LogP contribution < -0.4 is 0 Å². The number of hydrogen-bond donors (Lipinski definition) is 0. The van der Waals surface area contributed by atoms with Gasteiger partial charge in [-0.15, -0.1) is 0 Å². The fourth-order valence-corrected chi connectivity index (χ4v) is 4.08. The topological polar surface area (TPSA) is 93.3 Å². The zero-order valence-corrected chi connectivity index (χ0v) is 15.7. The maximum Gasteiger partial charge on any atom is 0.224 e. The molecule has 0 aliphatic carbocycles. The molecule has 0 atom stereocenters. The Labute approximate surface area is 147 Å². The van der Waals surface area contributed by atoms with Crippen LogP contribution in [0.1, 0.15) is 19.0 Å². The number of carbonyl (C=O) groups excluding carboxylic acids is 1. The SMILES string of the molecule is CCn1nc(C)c2c1cnn2CCC(=O)N1CCN(S(C)(=O)=O)CC1. The van der Waals surface area contributed by atoms with Crippen molar-refractivity contribution in [2.24, 2.45) is 0 Å². The Hall–Kier alpha value is -1.94. The highest BCUT2D eigenvalue weighted by atomic mass is 32.2. The number of aryl methyl sites for hydroxylation is 3. The minimum Gasteiger partial charge on any atom is -0.340 e. The fourth-order valence-electron chi connectivity index (χ4n) is 3.26. The summed E-state index contributed by atoms with van der Waals surface area (Å²) in [6.45, 7) is 6.84. The summed E-state index contributed by atoms with van der Waals surface area (Å²) in [4.78, 5) is 14.2. The van der Waals surface area contributed by atoms with Crippen LogP contribution in [0.2, 0.25) is 0 Å². The van der Waals surface area contributed by atoms with Crippen LogP contribution in [-0.4, -0.2) is 75.5 Å². The summed E-state index contributed by atoms with van der Waals surface area (Å²) in [6.07, 6.45) is 3.33. The molecule has 9 nitrogen and oxygen atoms in total. The van der Waals surface area contributed by atoms with Gasteiger partial charge in [-0.05, 0) is 13.8 Å². The van der Waals surface area contributed by atoms with E-state index < -0.39 is 10.0 Å². The molecule has 2 aromatic rings. The zero-order valence-electron chi connectivity index (χ0n) is 14.8. The molecule has 1 saturated heterocycles. The van der Waals surface area contributed by atoms with Crippen molar-refractivity contribution >= 4 is 27.0 Å². The Bertz CT molecular complexity index is 877. The summed E-state index contributed by atoms with van der Waals surface area (Å²) in [5.41, 5.74) is 2.86. The third-order valence-corrected chi connectivity index (χ3v) is 5.91. The van der Waals surface area contributed by atoms with Gasteiger partial charge in [-0.25, -0.2) is 8.42 Å². The zero-order chi connectivity index (χ0) is 18.2. The number of carbonyl (C=O) groups is 1. The number of rotatable bonds is 5. The molecule has 0 unspecified atom stereocenters. The number of hydrogen-bond acceptors (Lipinski definition) is 5. The number of aromatic nitrogens is 4. The molecule has 25 heavy (non-hydrogen) atoms. The second-order valence-corrected chi connectivity index (χ2v) is 8.28. The highest BCUT2D eigenvalue weighted by Gasteiger charge is 2.26. The summed E-state index contributed by atoms with van der Waals surface area (Å²) >= 11 is 0. The molecule has 2 aromatic heterocycles. The third-order valence-electron chi connectivity index (χ3n) is 4.61. The molecule has 10 heteroatoms. The van der Waals surface area contributed by atoms with Crippen LogP contribution in [0.4, 0.5) is 0 Å². The van der Waals surface area contributed by atoms with Gasteiger partial charge in [-0.2, -0.15) is 14.5 Å². The summed E-state index contributed by atoms with van der Waals surface area (Å²) < 4.78 is 28.2. The molecule has 1 aliphatic rings. The van der Waals surface area contributed by atoms with Gasteiger partial charge in [0, 0.05) is 39.1 Å². The quantitative estimate of drug-likeness (QED) is 0.744. The summed E-state index contributed by atoms with van der Waals surface area (Å²) in [5, 5.41) is 8.86. The van der Waals surface area contributed by atoms with Crippen molar-refractivity contribution in [3.63, 3.8) is 0 Å². The Morgan fingerprint density at radius 2 is 1.88 bits per heavy atom. The van der Waals surface area contributed by atoms with Crippen molar-refractivity contribution in [1.29, 1.82) is 0 Å². The molecule has 138 valence electrons. The van der Waals surface area contributed by atoms with Crippen molar-refractivity contribution in [1.82, 2.24) is 28.8 Å². The Morgan fingerprint density at radius 3 is 2.48 bits per heavy atom. The van der Waals surface area contributed by atoms with Crippen LogP contribution in [-0.2, 0) is 27.9 Å². The first kappa shape index (κ1) is 17.9. The van der Waals surface area contributed by atoms with Crippen molar-refractivity contribution in [3.8, 4) is 0 Å². The van der Waals surface area contributed by atoms with Gasteiger partial charge in [0.05, 0.1) is 24.7 Å². The molecular weight excluding hydrogens is 344 g/mol. The smallest absolute Gasteiger partial charge is 0.224 e. The predicted molar refractivity (Wildman–Crippen MR) is 93.5 cm³/mol. The number of sulfonamides is 1. The van der Waals surface area contributed by atoms with Crippen LogP contribution in [0.3, 0.4) is 0 Å². The summed E-state index contributed by atoms with van der Waals surface area (Å²) in [5.74, 6) is 0.0253. The summed E-state index contributed by atoms with van der Waals surface area (Å²) in [6, 6.07) is 0. The van der Waals surface area contributed by atoms with Crippen LogP contribution in [0, 0.1) is 6.92 Å². The fraction of sp³-hybridized carbons (Fsp3) is 0.667. The van der Waals surface area contributed by atoms with Crippen LogP contribution in [0.15, 0.2) is 6.20 Å². The lowest BCUT2D eigenvalue weighted by Crippen LogP contribution is -2.50. The Balaban J connectivity index is 1.61. The van der Waals surface area contributed by atoms with E-state index in [0.29, 0.717) is 39.1 Å². The molecule has 1 amide bonds. The van der Waals surface area contributed by atoms with Gasteiger partial charge in [0.15, 0.2) is 0 Å². The summed E-state index contributed by atoms with van der Waals surface area (Å²) in [7, 11) is -3.18. The number of fused-ring (bicyclic) bond motifs is 1. The molecule has 0 aromatic carbocycles. The van der Waals surface area contributed by atoms with Gasteiger partial charge in [0.25, 0.3) is 0 Å². The molecular formula is C15H24N6O3S. The number of piperazine rings is 1. The molecule has 0 N–H and O–H groups in total. The third kappa shape index (κ3) is 3.54. The first-order valence-electron chi connectivity index (χ1n) is 8.43. The van der Waals surface area contributed by atoms with Crippen LogP contribution >= 0.6 is 0 Å². The van der Waals surface area contributed by atoms with E-state index in [0.717, 1.165) is 23.3 Å². The second-order valence-electron chi connectivity index (χ2n) is 6.30. The van der Waals surface area contributed by atoms with Gasteiger partial charge >= 0.3 is 0 Å². The van der Waals surface area contributed by atoms with E-state index in [4.69, 9.17) is 0 Å². The lowest BCUT2D eigenvalue weighted by Gasteiger charge is -2.33. The van der Waals surface area contributed by atoms with Gasteiger partial charge in [0.1, 0.15) is 11.0 Å². The van der Waals surface area contributed by atoms with Crippen LogP contribution in [0.5, 0.6) is 0 Å². The molecule has 1 fully saturated rings. The number of nitrogens with zero attached hydrogens (tertiary/aromatic N) is 6. The van der Waals surface area contributed by atoms with E-state index in [1.54, 1.807) is 11.1 Å². The molecule has 3 rings (SSSR count). The predicted octanol–water partition coefficient (Wildman–Crippen LogP) is 0.0550. The average molecular weight is 368 g/mol. The van der Waals surface area contributed by atoms with E-state index in [-0.39, 0.29) is 5.91 Å². The standard InChI is InChI=1S/C15H24N6O3S/c1-4-20-13-11-16-21(15(13)12(2)17-20)6-5-14(22)18-7-9-19(10-8-18)25(3,23)24/h11H,4-10H2,1-3H3. The lowest BCUT2D eigenvalue weighted by molar-refractivity contribution is -0.132. The normalized spacial score (nSPS) is 16.7. The first-order chi connectivity index (χ1) is 11.8. The van der Waals surface area contributed by atoms with E-state index in [1.807, 2.05) is 23.2 Å². The van der Waals surface area contributed by atoms with Crippen LogP contribution in [0.25, 0.3) is 11.0 Å². The van der Waals surface area contributed by atoms with E-state index in [2.05, 4.69) is 10.2 Å². The van der Waals surface area contributed by atoms with Crippen molar-refractivity contribution in [3.05, 3.63) is 11.9 Å². The molecule has 0 radical (unpaired) electrons. The van der Waals surface area contributed by atoms with Gasteiger partial charge < -0.3 is 4.90 Å². The lowest BCUT2D eigenvalue weighted by atomic mass is 10.3. The second kappa shape index (κ2) is 6.75. The van der Waals surface area contributed by atoms with Crippen molar-refractivity contribution in [2.45, 2.75) is 33.4 Å². The molecule has 3 heterocycles. The van der Waals surface area contributed by atoms with Gasteiger partial charge in [-0.1, -0.05) is 0 Å². The van der Waals surface area contributed by atoms with E-state index in [1.165, 1.54) is 10.6 Å². The van der Waals surface area contributed by atoms with Gasteiger partial charge in [-0.3, -0.25) is 14.2 Å². The van der Waals surface area contributed by atoms with Gasteiger partial charge in [0.2, 0.25) is 15.9 Å². The average Bonchev–Trinajstić information content (AvgIpc) is 3.13. The molecule has 0 saturated carbocycles. The maximum atomic E-state index is 12.4. The Kier molecular flexibility index (Phi) is 4.83. The minimum atomic E-state index is -3.18. The molecule has 1 aliphatic heterocycles. The van der Waals surface area contributed by atoms with Crippen molar-refractivity contribution in [2.75, 3.05) is 32.4 Å². The van der Waals surface area contributed by atoms with E-state index in [9.17, 15) is 13.2 Å². The molecule has 0 spiro atoms. The highest BCUT2D eigenvalue weighted by Crippen LogP contribution is 2.18. The highest BCUT2D eigenvalue weighted by molar-refractivity contribution is 7.88. The Morgan fingerprint density at radius 1 is 1.20 bits per heavy atom.